The van der Waals surface area contributed by atoms with E-state index in [9.17, 15) is 12.8 Å². The molecule has 112 valence electrons. The largest absolute Gasteiger partial charge is 0.313 e. The highest BCUT2D eigenvalue weighted by Gasteiger charge is 2.27. The van der Waals surface area contributed by atoms with Gasteiger partial charge in [0.05, 0.1) is 5.02 Å². The molecule has 1 aromatic carbocycles. The monoisotopic (exact) mass is 320 g/mol. The maximum absolute atomic E-state index is 13.9. The first-order chi connectivity index (χ1) is 9.43. The molecule has 2 rings (SSSR count). The molecule has 1 unspecified atom stereocenters. The standard InChI is InChI=1S/C13H18ClFN2O2S/c1-17(9-10-5-2-3-8-16-10)20(18,19)12-7-4-6-11(14)13(12)15/h4,6-7,10,16H,2-3,5,8-9H2,1H3. The molecule has 1 atom stereocenters. The second-order valence-corrected chi connectivity index (χ2v) is 7.40. The Bertz CT molecular complexity index is 574. The van der Waals surface area contributed by atoms with Crippen LogP contribution in [0.4, 0.5) is 4.39 Å². The van der Waals surface area contributed by atoms with Gasteiger partial charge in [0, 0.05) is 19.6 Å². The molecule has 0 spiro atoms. The van der Waals surface area contributed by atoms with Gasteiger partial charge in [-0.05, 0) is 31.5 Å². The fourth-order valence-corrected chi connectivity index (χ4v) is 3.87. The molecule has 1 fully saturated rings. The highest BCUT2D eigenvalue weighted by atomic mass is 35.5. The number of rotatable bonds is 4. The minimum Gasteiger partial charge on any atom is -0.313 e. The lowest BCUT2D eigenvalue weighted by atomic mass is 10.1. The van der Waals surface area contributed by atoms with Crippen molar-refractivity contribution in [3.05, 3.63) is 29.0 Å². The number of likely N-dealkylation sites (N-methyl/N-ethyl adjacent to an activating group) is 1. The summed E-state index contributed by atoms with van der Waals surface area (Å²) in [4.78, 5) is -0.372. The fraction of sp³-hybridized carbons (Fsp3) is 0.538. The number of hydrogen-bond acceptors (Lipinski definition) is 3. The van der Waals surface area contributed by atoms with Gasteiger partial charge in [0.1, 0.15) is 4.90 Å². The van der Waals surface area contributed by atoms with Crippen LogP contribution in [-0.4, -0.2) is 38.9 Å². The number of nitrogens with zero attached hydrogens (tertiary/aromatic N) is 1. The number of piperidine rings is 1. The highest BCUT2D eigenvalue weighted by Crippen LogP contribution is 2.24. The van der Waals surface area contributed by atoms with Crippen LogP contribution in [0.25, 0.3) is 0 Å². The molecular formula is C13H18ClFN2O2S. The summed E-state index contributed by atoms with van der Waals surface area (Å²) in [5, 5.41) is 3.09. The summed E-state index contributed by atoms with van der Waals surface area (Å²) in [6.45, 7) is 1.22. The molecule has 1 aliphatic heterocycles. The lowest BCUT2D eigenvalue weighted by Gasteiger charge is -2.27. The van der Waals surface area contributed by atoms with Crippen LogP contribution in [-0.2, 0) is 10.0 Å². The summed E-state index contributed by atoms with van der Waals surface area (Å²) < 4.78 is 39.8. The molecule has 20 heavy (non-hydrogen) atoms. The Kier molecular flexibility index (Phi) is 5.01. The third kappa shape index (κ3) is 3.31. The molecular weight excluding hydrogens is 303 g/mol. The minimum atomic E-state index is -3.86. The van der Waals surface area contributed by atoms with Gasteiger partial charge < -0.3 is 5.32 Å². The number of hydrogen-bond donors (Lipinski definition) is 1. The second kappa shape index (κ2) is 6.39. The molecule has 1 saturated heterocycles. The number of nitrogens with one attached hydrogen (secondary N) is 1. The summed E-state index contributed by atoms with van der Waals surface area (Å²) in [5.74, 6) is -0.891. The van der Waals surface area contributed by atoms with Crippen molar-refractivity contribution in [3.63, 3.8) is 0 Å². The van der Waals surface area contributed by atoms with Crippen molar-refractivity contribution in [1.29, 1.82) is 0 Å². The maximum Gasteiger partial charge on any atom is 0.245 e. The van der Waals surface area contributed by atoms with Gasteiger partial charge in [-0.1, -0.05) is 24.1 Å². The second-order valence-electron chi connectivity index (χ2n) is 4.98. The average molecular weight is 321 g/mol. The zero-order chi connectivity index (χ0) is 14.8. The highest BCUT2D eigenvalue weighted by molar-refractivity contribution is 7.89. The maximum atomic E-state index is 13.9. The molecule has 4 nitrogen and oxygen atoms in total. The Morgan fingerprint density at radius 1 is 1.45 bits per heavy atom. The zero-order valence-electron chi connectivity index (χ0n) is 11.3. The normalized spacial score (nSPS) is 20.3. The molecule has 0 saturated carbocycles. The molecule has 0 aliphatic carbocycles. The van der Waals surface area contributed by atoms with Gasteiger partial charge in [0.15, 0.2) is 5.82 Å². The molecule has 1 heterocycles. The number of halogens is 2. The van der Waals surface area contributed by atoms with Gasteiger partial charge >= 0.3 is 0 Å². The quantitative estimate of drug-likeness (QED) is 0.925. The Labute approximate surface area is 124 Å². The predicted molar refractivity (Wildman–Crippen MR) is 76.9 cm³/mol. The number of benzene rings is 1. The summed E-state index contributed by atoms with van der Waals surface area (Å²) in [6.07, 6.45) is 3.12. The SMILES string of the molecule is CN(CC1CCCCN1)S(=O)(=O)c1cccc(Cl)c1F. The van der Waals surface area contributed by atoms with E-state index < -0.39 is 15.8 Å². The van der Waals surface area contributed by atoms with Crippen LogP contribution in [0.1, 0.15) is 19.3 Å². The first kappa shape index (κ1) is 15.7. The van der Waals surface area contributed by atoms with Crippen LogP contribution in [0.15, 0.2) is 23.1 Å². The van der Waals surface area contributed by atoms with Gasteiger partial charge in [-0.2, -0.15) is 4.31 Å². The Morgan fingerprint density at radius 2 is 2.20 bits per heavy atom. The van der Waals surface area contributed by atoms with E-state index in [1.54, 1.807) is 0 Å². The van der Waals surface area contributed by atoms with Gasteiger partial charge in [-0.15, -0.1) is 0 Å². The van der Waals surface area contributed by atoms with Crippen molar-refractivity contribution in [2.45, 2.75) is 30.2 Å². The zero-order valence-corrected chi connectivity index (χ0v) is 12.8. The number of sulfonamides is 1. The summed E-state index contributed by atoms with van der Waals surface area (Å²) in [7, 11) is -2.39. The summed E-state index contributed by atoms with van der Waals surface area (Å²) in [5.41, 5.74) is 0. The van der Waals surface area contributed by atoms with Gasteiger partial charge in [0.2, 0.25) is 10.0 Å². The van der Waals surface area contributed by atoms with E-state index in [1.807, 2.05) is 0 Å². The van der Waals surface area contributed by atoms with E-state index in [2.05, 4.69) is 5.32 Å². The Balaban J connectivity index is 2.18. The third-order valence-corrected chi connectivity index (χ3v) is 5.63. The van der Waals surface area contributed by atoms with E-state index in [-0.39, 0.29) is 16.0 Å². The van der Waals surface area contributed by atoms with E-state index >= 15 is 0 Å². The van der Waals surface area contributed by atoms with Gasteiger partial charge in [-0.25, -0.2) is 12.8 Å². The topological polar surface area (TPSA) is 49.4 Å². The van der Waals surface area contributed by atoms with Crippen molar-refractivity contribution in [2.75, 3.05) is 20.1 Å². The van der Waals surface area contributed by atoms with Crippen molar-refractivity contribution >= 4 is 21.6 Å². The molecule has 7 heteroatoms. The lowest BCUT2D eigenvalue weighted by Crippen LogP contribution is -2.44. The Hall–Kier alpha value is -0.690. The van der Waals surface area contributed by atoms with Crippen molar-refractivity contribution in [1.82, 2.24) is 9.62 Å². The molecule has 0 radical (unpaired) electrons. The molecule has 1 aromatic rings. The van der Waals surface area contributed by atoms with Crippen LogP contribution >= 0.6 is 11.6 Å². The average Bonchev–Trinajstić information content (AvgIpc) is 2.42. The molecule has 0 aromatic heterocycles. The predicted octanol–water partition coefficient (Wildman–Crippen LogP) is 2.24. The molecule has 0 bridgehead atoms. The smallest absolute Gasteiger partial charge is 0.245 e. The fourth-order valence-electron chi connectivity index (χ4n) is 2.34. The third-order valence-electron chi connectivity index (χ3n) is 3.49. The van der Waals surface area contributed by atoms with Gasteiger partial charge in [0.25, 0.3) is 0 Å². The molecule has 1 aliphatic rings. The summed E-state index contributed by atoms with van der Waals surface area (Å²) >= 11 is 5.65. The van der Waals surface area contributed by atoms with Crippen LogP contribution in [0, 0.1) is 5.82 Å². The molecule has 1 N–H and O–H groups in total. The van der Waals surface area contributed by atoms with Gasteiger partial charge in [-0.3, -0.25) is 0 Å². The Morgan fingerprint density at radius 3 is 2.85 bits per heavy atom. The van der Waals surface area contributed by atoms with Crippen LogP contribution < -0.4 is 5.32 Å². The van der Waals surface area contributed by atoms with Crippen molar-refractivity contribution in [2.24, 2.45) is 0 Å². The van der Waals surface area contributed by atoms with E-state index in [4.69, 9.17) is 11.6 Å². The van der Waals surface area contributed by atoms with Crippen LogP contribution in [0.5, 0.6) is 0 Å². The van der Waals surface area contributed by atoms with E-state index in [0.717, 1.165) is 25.8 Å². The van der Waals surface area contributed by atoms with Crippen molar-refractivity contribution in [3.8, 4) is 0 Å². The summed E-state index contributed by atoms with van der Waals surface area (Å²) in [6, 6.07) is 4.12. The molecule has 0 amide bonds. The first-order valence-corrected chi connectivity index (χ1v) is 8.38. The van der Waals surface area contributed by atoms with Crippen LogP contribution in [0.2, 0.25) is 5.02 Å². The van der Waals surface area contributed by atoms with Crippen molar-refractivity contribution < 1.29 is 12.8 Å². The minimum absolute atomic E-state index is 0.116. The lowest BCUT2D eigenvalue weighted by molar-refractivity contribution is 0.337. The van der Waals surface area contributed by atoms with Crippen LogP contribution in [0.3, 0.4) is 0 Å². The van der Waals surface area contributed by atoms with E-state index in [0.29, 0.717) is 6.54 Å². The van der Waals surface area contributed by atoms with E-state index in [1.165, 1.54) is 29.6 Å². The first-order valence-electron chi connectivity index (χ1n) is 6.56.